The number of likely N-dealkylation sites (N-methyl/N-ethyl adjacent to an activating group) is 1. The number of hydrogen-bond acceptors (Lipinski definition) is 3. The number of pyridine rings is 1. The second kappa shape index (κ2) is 5.29. The fourth-order valence-corrected chi connectivity index (χ4v) is 1.01. The Labute approximate surface area is 87.5 Å². The molecule has 1 aromatic rings. The molecule has 1 aromatic heterocycles. The Bertz CT molecular complexity index is 327. The molecule has 5 heteroatoms. The van der Waals surface area contributed by atoms with Crippen molar-refractivity contribution >= 4 is 5.91 Å². The van der Waals surface area contributed by atoms with Gasteiger partial charge < -0.3 is 10.1 Å². The largest absolute Gasteiger partial charge is 0.479 e. The van der Waals surface area contributed by atoms with Gasteiger partial charge in [0.05, 0.1) is 6.20 Å². The number of carbonyl (C=O) groups excluding carboxylic acids is 1. The molecule has 0 saturated carbocycles. The third-order valence-corrected chi connectivity index (χ3v) is 1.73. The summed E-state index contributed by atoms with van der Waals surface area (Å²) in [6.45, 7) is 3.99. The van der Waals surface area contributed by atoms with Crippen LogP contribution in [0.1, 0.15) is 13.8 Å². The van der Waals surface area contributed by atoms with E-state index in [1.54, 1.807) is 6.92 Å². The topological polar surface area (TPSA) is 51.2 Å². The van der Waals surface area contributed by atoms with Gasteiger partial charge in [0.1, 0.15) is 5.75 Å². The highest BCUT2D eigenvalue weighted by Gasteiger charge is 2.13. The Balaban J connectivity index is 2.54. The lowest BCUT2D eigenvalue weighted by molar-refractivity contribution is -0.127. The molecule has 0 aliphatic rings. The van der Waals surface area contributed by atoms with Crippen LogP contribution in [0.2, 0.25) is 0 Å². The maximum atomic E-state index is 12.5. The smallest absolute Gasteiger partial charge is 0.260 e. The van der Waals surface area contributed by atoms with Crippen LogP contribution in [0.4, 0.5) is 4.39 Å². The van der Waals surface area contributed by atoms with Gasteiger partial charge in [0.2, 0.25) is 5.95 Å². The van der Waals surface area contributed by atoms with Gasteiger partial charge in [-0.15, -0.1) is 0 Å². The van der Waals surface area contributed by atoms with Crippen LogP contribution >= 0.6 is 0 Å². The minimum absolute atomic E-state index is 0.207. The van der Waals surface area contributed by atoms with Crippen molar-refractivity contribution in [2.45, 2.75) is 20.0 Å². The molecule has 4 nitrogen and oxygen atoms in total. The number of ether oxygens (including phenoxy) is 1. The number of carbonyl (C=O) groups is 1. The van der Waals surface area contributed by atoms with Crippen LogP contribution in [0, 0.1) is 5.95 Å². The molecule has 0 radical (unpaired) electrons. The normalized spacial score (nSPS) is 11.9. The summed E-state index contributed by atoms with van der Waals surface area (Å²) in [4.78, 5) is 14.7. The monoisotopic (exact) mass is 212 g/mol. The van der Waals surface area contributed by atoms with Gasteiger partial charge in [-0.3, -0.25) is 4.79 Å². The molecule has 0 aliphatic carbocycles. The van der Waals surface area contributed by atoms with Crippen molar-refractivity contribution in [3.8, 4) is 5.75 Å². The molecular formula is C10H13FN2O2. The molecule has 1 amide bonds. The van der Waals surface area contributed by atoms with Crippen molar-refractivity contribution in [3.05, 3.63) is 24.3 Å². The van der Waals surface area contributed by atoms with Crippen LogP contribution in [0.5, 0.6) is 5.75 Å². The van der Waals surface area contributed by atoms with E-state index in [4.69, 9.17) is 4.74 Å². The SMILES string of the molecule is CCNC(=O)C(C)Oc1ccc(F)nc1. The van der Waals surface area contributed by atoms with E-state index >= 15 is 0 Å². The molecule has 1 unspecified atom stereocenters. The van der Waals surface area contributed by atoms with E-state index in [9.17, 15) is 9.18 Å². The summed E-state index contributed by atoms with van der Waals surface area (Å²) in [5.41, 5.74) is 0. The van der Waals surface area contributed by atoms with Crippen molar-refractivity contribution < 1.29 is 13.9 Å². The Morgan fingerprint density at radius 1 is 1.67 bits per heavy atom. The Morgan fingerprint density at radius 2 is 2.40 bits per heavy atom. The Hall–Kier alpha value is -1.65. The van der Waals surface area contributed by atoms with Crippen LogP contribution in [0.3, 0.4) is 0 Å². The van der Waals surface area contributed by atoms with E-state index in [0.29, 0.717) is 12.3 Å². The minimum Gasteiger partial charge on any atom is -0.479 e. The fourth-order valence-electron chi connectivity index (χ4n) is 1.01. The highest BCUT2D eigenvalue weighted by Crippen LogP contribution is 2.10. The van der Waals surface area contributed by atoms with Crippen LogP contribution in [0.15, 0.2) is 18.3 Å². The van der Waals surface area contributed by atoms with Crippen LogP contribution in [0.25, 0.3) is 0 Å². The molecule has 1 rings (SSSR count). The van der Waals surface area contributed by atoms with Gasteiger partial charge in [0.15, 0.2) is 6.10 Å². The number of halogens is 1. The lowest BCUT2D eigenvalue weighted by Gasteiger charge is -2.13. The summed E-state index contributed by atoms with van der Waals surface area (Å²) in [6, 6.07) is 2.61. The summed E-state index contributed by atoms with van der Waals surface area (Å²) in [6.07, 6.45) is 0.627. The first-order valence-corrected chi connectivity index (χ1v) is 4.69. The summed E-state index contributed by atoms with van der Waals surface area (Å²) < 4.78 is 17.7. The summed E-state index contributed by atoms with van der Waals surface area (Å²) >= 11 is 0. The molecule has 0 saturated heterocycles. The van der Waals surface area contributed by atoms with E-state index in [0.717, 1.165) is 0 Å². The molecular weight excluding hydrogens is 199 g/mol. The average Bonchev–Trinajstić information content (AvgIpc) is 2.22. The van der Waals surface area contributed by atoms with Crippen LogP contribution < -0.4 is 10.1 Å². The van der Waals surface area contributed by atoms with E-state index in [-0.39, 0.29) is 5.91 Å². The maximum Gasteiger partial charge on any atom is 0.260 e. The van der Waals surface area contributed by atoms with E-state index < -0.39 is 12.1 Å². The third-order valence-electron chi connectivity index (χ3n) is 1.73. The molecule has 1 N–H and O–H groups in total. The second-order valence-corrected chi connectivity index (χ2v) is 2.97. The number of nitrogens with zero attached hydrogens (tertiary/aromatic N) is 1. The van der Waals surface area contributed by atoms with Crippen molar-refractivity contribution in [2.75, 3.05) is 6.54 Å². The molecule has 15 heavy (non-hydrogen) atoms. The van der Waals surface area contributed by atoms with E-state index in [1.807, 2.05) is 6.92 Å². The van der Waals surface area contributed by atoms with Gasteiger partial charge >= 0.3 is 0 Å². The third kappa shape index (κ3) is 3.53. The summed E-state index contributed by atoms with van der Waals surface area (Å²) in [5.74, 6) is -0.412. The van der Waals surface area contributed by atoms with Crippen LogP contribution in [-0.4, -0.2) is 23.5 Å². The van der Waals surface area contributed by atoms with Crippen LogP contribution in [-0.2, 0) is 4.79 Å². The van der Waals surface area contributed by atoms with Gasteiger partial charge in [-0.25, -0.2) is 4.98 Å². The van der Waals surface area contributed by atoms with Gasteiger partial charge in [-0.1, -0.05) is 0 Å². The summed E-state index contributed by atoms with van der Waals surface area (Å²) in [7, 11) is 0. The molecule has 0 fully saturated rings. The van der Waals surface area contributed by atoms with Gasteiger partial charge in [-0.2, -0.15) is 4.39 Å². The van der Waals surface area contributed by atoms with Crippen molar-refractivity contribution in [1.29, 1.82) is 0 Å². The number of nitrogens with one attached hydrogen (secondary N) is 1. The number of rotatable bonds is 4. The quantitative estimate of drug-likeness (QED) is 0.761. The lowest BCUT2D eigenvalue weighted by atomic mass is 10.3. The van der Waals surface area contributed by atoms with Crippen molar-refractivity contribution in [2.24, 2.45) is 0 Å². The Morgan fingerprint density at radius 3 is 2.93 bits per heavy atom. The summed E-state index contributed by atoms with van der Waals surface area (Å²) in [5, 5.41) is 2.62. The predicted molar refractivity (Wildman–Crippen MR) is 53.0 cm³/mol. The van der Waals surface area contributed by atoms with Crippen molar-refractivity contribution in [1.82, 2.24) is 10.3 Å². The molecule has 1 atom stereocenters. The highest BCUT2D eigenvalue weighted by atomic mass is 19.1. The average molecular weight is 212 g/mol. The lowest BCUT2D eigenvalue weighted by Crippen LogP contribution is -2.36. The molecule has 0 aliphatic heterocycles. The van der Waals surface area contributed by atoms with Gasteiger partial charge in [-0.05, 0) is 26.0 Å². The number of amides is 1. The second-order valence-electron chi connectivity index (χ2n) is 2.97. The zero-order chi connectivity index (χ0) is 11.3. The zero-order valence-corrected chi connectivity index (χ0v) is 8.66. The minimum atomic E-state index is -0.614. The predicted octanol–water partition coefficient (Wildman–Crippen LogP) is 1.12. The first-order chi connectivity index (χ1) is 7.13. The molecule has 0 spiro atoms. The first-order valence-electron chi connectivity index (χ1n) is 4.69. The van der Waals surface area contributed by atoms with Gasteiger partial charge in [0.25, 0.3) is 5.91 Å². The Kier molecular flexibility index (Phi) is 4.03. The van der Waals surface area contributed by atoms with E-state index in [1.165, 1.54) is 18.3 Å². The highest BCUT2D eigenvalue weighted by molar-refractivity contribution is 5.80. The first kappa shape index (κ1) is 11.4. The van der Waals surface area contributed by atoms with Gasteiger partial charge in [0, 0.05) is 6.54 Å². The molecule has 0 aromatic carbocycles. The standard InChI is InChI=1S/C10H13FN2O2/c1-3-12-10(14)7(2)15-8-4-5-9(11)13-6-8/h4-7H,3H2,1-2H3,(H,12,14). The van der Waals surface area contributed by atoms with Crippen molar-refractivity contribution in [3.63, 3.8) is 0 Å². The zero-order valence-electron chi connectivity index (χ0n) is 8.66. The molecule has 0 bridgehead atoms. The molecule has 1 heterocycles. The number of hydrogen-bond donors (Lipinski definition) is 1. The maximum absolute atomic E-state index is 12.5. The molecule has 82 valence electrons. The fraction of sp³-hybridized carbons (Fsp3) is 0.400. The number of aromatic nitrogens is 1. The van der Waals surface area contributed by atoms with E-state index in [2.05, 4.69) is 10.3 Å².